The second-order valence-corrected chi connectivity index (χ2v) is 8.18. The monoisotopic (exact) mass is 338 g/mol. The average Bonchev–Trinajstić information content (AvgIpc) is 2.82. The lowest BCUT2D eigenvalue weighted by molar-refractivity contribution is 0.176. The Bertz CT molecular complexity index is 564. The SMILES string of the molecule is CCOP(=O)(OCC)C1N=CN(CCc2ccccc2)C1(C)C. The fraction of sp³-hybridized carbons (Fsp3) is 0.588. The maximum atomic E-state index is 13.1. The Morgan fingerprint density at radius 3 is 2.35 bits per heavy atom. The molecule has 23 heavy (non-hydrogen) atoms. The standard InChI is InChI=1S/C17H27N2O3P/c1-5-21-23(20,22-6-2)16-17(3,4)19(14-18-16)13-12-15-10-8-7-9-11-15/h7-11,14,16H,5-6,12-13H2,1-4H3. The lowest BCUT2D eigenvalue weighted by atomic mass is 10.0. The fourth-order valence-corrected chi connectivity index (χ4v) is 5.09. The van der Waals surface area contributed by atoms with Gasteiger partial charge in [0.25, 0.3) is 0 Å². The minimum atomic E-state index is -3.26. The summed E-state index contributed by atoms with van der Waals surface area (Å²) >= 11 is 0. The van der Waals surface area contributed by atoms with Crippen molar-refractivity contribution in [2.75, 3.05) is 19.8 Å². The van der Waals surface area contributed by atoms with Gasteiger partial charge in [0.05, 0.1) is 25.1 Å². The van der Waals surface area contributed by atoms with Crippen molar-refractivity contribution in [1.29, 1.82) is 0 Å². The van der Waals surface area contributed by atoms with E-state index in [2.05, 4.69) is 22.0 Å². The van der Waals surface area contributed by atoms with Crippen LogP contribution in [0.4, 0.5) is 0 Å². The molecule has 0 amide bonds. The Kier molecular flexibility index (Phi) is 6.01. The van der Waals surface area contributed by atoms with Gasteiger partial charge in [-0.2, -0.15) is 0 Å². The summed E-state index contributed by atoms with van der Waals surface area (Å²) in [6.45, 7) is 9.25. The Hall–Kier alpha value is -1.16. The lowest BCUT2D eigenvalue weighted by Gasteiger charge is -2.37. The first kappa shape index (κ1) is 18.2. The number of hydrogen-bond acceptors (Lipinski definition) is 5. The van der Waals surface area contributed by atoms with Crippen molar-refractivity contribution in [2.24, 2.45) is 4.99 Å². The summed E-state index contributed by atoms with van der Waals surface area (Å²) in [5, 5.41) is 0. The Labute approximate surface area is 139 Å². The van der Waals surface area contributed by atoms with E-state index in [-0.39, 0.29) is 0 Å². The van der Waals surface area contributed by atoms with Gasteiger partial charge in [-0.05, 0) is 39.7 Å². The maximum absolute atomic E-state index is 13.1. The van der Waals surface area contributed by atoms with Gasteiger partial charge in [0, 0.05) is 6.54 Å². The summed E-state index contributed by atoms with van der Waals surface area (Å²) in [6.07, 6.45) is 2.70. The molecule has 0 bridgehead atoms. The molecule has 0 spiro atoms. The molecule has 0 fully saturated rings. The molecular weight excluding hydrogens is 311 g/mol. The molecule has 0 saturated heterocycles. The summed E-state index contributed by atoms with van der Waals surface area (Å²) < 4.78 is 24.1. The highest BCUT2D eigenvalue weighted by atomic mass is 31.2. The summed E-state index contributed by atoms with van der Waals surface area (Å²) in [5.74, 6) is -0.495. The van der Waals surface area contributed by atoms with Gasteiger partial charge in [-0.1, -0.05) is 30.3 Å². The Morgan fingerprint density at radius 1 is 1.17 bits per heavy atom. The molecule has 0 radical (unpaired) electrons. The zero-order valence-electron chi connectivity index (χ0n) is 14.4. The summed E-state index contributed by atoms with van der Waals surface area (Å²) in [5.41, 5.74) is 0.868. The second kappa shape index (κ2) is 7.61. The fourth-order valence-electron chi connectivity index (χ4n) is 2.87. The van der Waals surface area contributed by atoms with Crippen LogP contribution in [0.5, 0.6) is 0 Å². The number of rotatable bonds is 8. The van der Waals surface area contributed by atoms with Crippen LogP contribution >= 0.6 is 7.60 Å². The molecule has 1 atom stereocenters. The van der Waals surface area contributed by atoms with Crippen molar-refractivity contribution < 1.29 is 13.6 Å². The normalized spacial score (nSPS) is 20.2. The first-order chi connectivity index (χ1) is 10.9. The largest absolute Gasteiger partial charge is 0.357 e. The molecule has 0 N–H and O–H groups in total. The molecule has 128 valence electrons. The van der Waals surface area contributed by atoms with Crippen molar-refractivity contribution in [2.45, 2.75) is 45.4 Å². The van der Waals surface area contributed by atoms with E-state index in [1.807, 2.05) is 45.9 Å². The Balaban J connectivity index is 2.09. The maximum Gasteiger partial charge on any atom is 0.357 e. The van der Waals surface area contributed by atoms with Crippen molar-refractivity contribution in [3.8, 4) is 0 Å². The first-order valence-corrected chi connectivity index (χ1v) is 9.78. The predicted octanol–water partition coefficient (Wildman–Crippen LogP) is 3.94. The number of aliphatic imine (C=N–C) groups is 1. The minimum Gasteiger partial charge on any atom is -0.355 e. The molecule has 1 aliphatic rings. The van der Waals surface area contributed by atoms with Gasteiger partial charge in [0.2, 0.25) is 0 Å². The summed E-state index contributed by atoms with van der Waals surface area (Å²) in [4.78, 5) is 6.61. The molecule has 0 saturated carbocycles. The van der Waals surface area contributed by atoms with Crippen LogP contribution in [0.2, 0.25) is 0 Å². The highest BCUT2D eigenvalue weighted by Gasteiger charge is 2.51. The molecule has 2 rings (SSSR count). The van der Waals surface area contributed by atoms with Gasteiger partial charge in [-0.25, -0.2) is 0 Å². The number of nitrogens with zero attached hydrogens (tertiary/aromatic N) is 2. The van der Waals surface area contributed by atoms with E-state index in [4.69, 9.17) is 9.05 Å². The molecule has 0 aromatic heterocycles. The van der Waals surface area contributed by atoms with Crippen LogP contribution < -0.4 is 0 Å². The smallest absolute Gasteiger partial charge is 0.355 e. The first-order valence-electron chi connectivity index (χ1n) is 8.16. The van der Waals surface area contributed by atoms with Crippen LogP contribution in [0.1, 0.15) is 33.3 Å². The van der Waals surface area contributed by atoms with Gasteiger partial charge in [0.15, 0.2) is 5.78 Å². The number of benzene rings is 1. The Morgan fingerprint density at radius 2 is 1.78 bits per heavy atom. The van der Waals surface area contributed by atoms with Gasteiger partial charge in [0.1, 0.15) is 0 Å². The van der Waals surface area contributed by atoms with Crippen LogP contribution in [-0.2, 0) is 20.0 Å². The third-order valence-corrected chi connectivity index (χ3v) is 6.72. The van der Waals surface area contributed by atoms with Crippen molar-refractivity contribution in [3.63, 3.8) is 0 Å². The van der Waals surface area contributed by atoms with Crippen LogP contribution in [-0.4, -0.2) is 42.3 Å². The van der Waals surface area contributed by atoms with E-state index >= 15 is 0 Å². The predicted molar refractivity (Wildman–Crippen MR) is 94.1 cm³/mol. The minimum absolute atomic E-state index is 0.351. The van der Waals surface area contributed by atoms with Crippen LogP contribution in [0.25, 0.3) is 0 Å². The van der Waals surface area contributed by atoms with E-state index in [9.17, 15) is 4.57 Å². The average molecular weight is 338 g/mol. The molecule has 0 aliphatic carbocycles. The van der Waals surface area contributed by atoms with Crippen LogP contribution in [0, 0.1) is 0 Å². The molecule has 6 heteroatoms. The molecule has 1 aliphatic heterocycles. The topological polar surface area (TPSA) is 51.1 Å². The highest BCUT2D eigenvalue weighted by Crippen LogP contribution is 2.59. The van der Waals surface area contributed by atoms with Gasteiger partial charge >= 0.3 is 7.60 Å². The van der Waals surface area contributed by atoms with E-state index in [0.29, 0.717) is 13.2 Å². The van der Waals surface area contributed by atoms with Crippen LogP contribution in [0.3, 0.4) is 0 Å². The molecule has 1 unspecified atom stereocenters. The molecule has 5 nitrogen and oxygen atoms in total. The zero-order chi connectivity index (χ0) is 16.9. The zero-order valence-corrected chi connectivity index (χ0v) is 15.3. The molecular formula is C17H27N2O3P. The summed E-state index contributed by atoms with van der Waals surface area (Å²) in [6, 6.07) is 10.3. The van der Waals surface area contributed by atoms with Gasteiger partial charge in [-0.3, -0.25) is 9.56 Å². The molecule has 1 aromatic carbocycles. The third kappa shape index (κ3) is 4.03. The number of hydrogen-bond donors (Lipinski definition) is 0. The molecule has 1 aromatic rings. The highest BCUT2D eigenvalue weighted by molar-refractivity contribution is 7.54. The summed E-state index contributed by atoms with van der Waals surface area (Å²) in [7, 11) is -3.26. The van der Waals surface area contributed by atoms with Crippen LogP contribution in [0.15, 0.2) is 35.3 Å². The van der Waals surface area contributed by atoms with Crippen molar-refractivity contribution >= 4 is 13.9 Å². The van der Waals surface area contributed by atoms with E-state index in [1.165, 1.54) is 5.56 Å². The van der Waals surface area contributed by atoms with E-state index in [0.717, 1.165) is 13.0 Å². The van der Waals surface area contributed by atoms with E-state index in [1.54, 1.807) is 6.34 Å². The van der Waals surface area contributed by atoms with Gasteiger partial charge < -0.3 is 13.9 Å². The quantitative estimate of drug-likeness (QED) is 0.674. The lowest BCUT2D eigenvalue weighted by Crippen LogP contribution is -2.47. The van der Waals surface area contributed by atoms with E-state index < -0.39 is 18.9 Å². The van der Waals surface area contributed by atoms with Gasteiger partial charge in [-0.15, -0.1) is 0 Å². The van der Waals surface area contributed by atoms with Crippen molar-refractivity contribution in [1.82, 2.24) is 4.90 Å². The van der Waals surface area contributed by atoms with Crippen molar-refractivity contribution in [3.05, 3.63) is 35.9 Å². The molecule has 1 heterocycles. The third-order valence-electron chi connectivity index (χ3n) is 4.12. The second-order valence-electron chi connectivity index (χ2n) is 6.10.